The lowest BCUT2D eigenvalue weighted by Gasteiger charge is -2.40. The van der Waals surface area contributed by atoms with Crippen molar-refractivity contribution in [3.63, 3.8) is 0 Å². The molecule has 1 spiro atoms. The molecule has 52 heavy (non-hydrogen) atoms. The molecule has 7 unspecified atom stereocenters. The fourth-order valence-electron chi connectivity index (χ4n) is 11.9. The molecule has 0 saturated heterocycles. The first-order valence-corrected chi connectivity index (χ1v) is 19.4. The number of rotatable bonds is 3. The van der Waals surface area contributed by atoms with E-state index in [4.69, 9.17) is 5.73 Å². The Morgan fingerprint density at radius 3 is 2.23 bits per heavy atom. The largest absolute Gasteiger partial charge is 0.321 e. The van der Waals surface area contributed by atoms with Crippen LogP contribution in [0.5, 0.6) is 0 Å². The predicted molar refractivity (Wildman–Crippen MR) is 212 cm³/mol. The Bertz CT molecular complexity index is 2360. The third-order valence-corrected chi connectivity index (χ3v) is 13.9. The average Bonchev–Trinajstić information content (AvgIpc) is 3.85. The van der Waals surface area contributed by atoms with Gasteiger partial charge in [0, 0.05) is 40.5 Å². The van der Waals surface area contributed by atoms with Crippen LogP contribution in [0.1, 0.15) is 95.8 Å². The number of nitrogens with two attached hydrogens (primary N) is 1. The molecular weight excluding hydrogens is 631 g/mol. The molecule has 0 radical (unpaired) electrons. The lowest BCUT2D eigenvalue weighted by atomic mass is 9.61. The van der Waals surface area contributed by atoms with Gasteiger partial charge in [0.05, 0.1) is 17.4 Å². The van der Waals surface area contributed by atoms with Crippen molar-refractivity contribution in [1.29, 1.82) is 0 Å². The third kappa shape index (κ3) is 3.85. The lowest BCUT2D eigenvalue weighted by Crippen LogP contribution is -2.42. The van der Waals surface area contributed by atoms with Gasteiger partial charge in [0.2, 0.25) is 0 Å². The van der Waals surface area contributed by atoms with Crippen molar-refractivity contribution in [2.45, 2.75) is 73.8 Å². The first-order valence-electron chi connectivity index (χ1n) is 19.4. The van der Waals surface area contributed by atoms with Crippen LogP contribution in [0.15, 0.2) is 168 Å². The first-order chi connectivity index (χ1) is 25.5. The van der Waals surface area contributed by atoms with Gasteiger partial charge in [-0.2, -0.15) is 0 Å². The number of fused-ring (bicyclic) bond motifs is 15. The van der Waals surface area contributed by atoms with Crippen molar-refractivity contribution in [2.24, 2.45) is 11.7 Å². The average molecular weight is 676 g/mol. The SMILES string of the molecule is CC1(C)C2=CC(/C(NN3c4ccccc4C4C3c3ccccc3C43c4ccccc4C4C=CC=CC43)=C3\CCC=CC3N)=CCC2c2ccccc21. The quantitative estimate of drug-likeness (QED) is 0.213. The molecule has 0 saturated carbocycles. The van der Waals surface area contributed by atoms with Crippen molar-refractivity contribution in [3.05, 3.63) is 207 Å². The Hall–Kier alpha value is -5.12. The fraction of sp³-hybridized carbons (Fsp3) is 0.265. The van der Waals surface area contributed by atoms with E-state index in [1.807, 2.05) is 0 Å². The molecule has 0 aromatic heterocycles. The highest BCUT2D eigenvalue weighted by atomic mass is 15.5. The van der Waals surface area contributed by atoms with Crippen LogP contribution >= 0.6 is 0 Å². The van der Waals surface area contributed by atoms with Crippen molar-refractivity contribution in [3.8, 4) is 0 Å². The van der Waals surface area contributed by atoms with Gasteiger partial charge in [0.25, 0.3) is 0 Å². The van der Waals surface area contributed by atoms with E-state index in [-0.39, 0.29) is 28.8 Å². The van der Waals surface area contributed by atoms with Crippen molar-refractivity contribution in [1.82, 2.24) is 5.43 Å². The molecule has 0 fully saturated rings. The molecular formula is C49H45N3. The molecule has 0 bridgehead atoms. The van der Waals surface area contributed by atoms with Gasteiger partial charge >= 0.3 is 0 Å². The zero-order chi connectivity index (χ0) is 34.8. The molecule has 7 aliphatic rings. The maximum Gasteiger partial charge on any atom is 0.0838 e. The molecule has 1 heterocycles. The number of nitrogens with zero attached hydrogens (tertiary/aromatic N) is 1. The Morgan fingerprint density at radius 1 is 0.750 bits per heavy atom. The summed E-state index contributed by atoms with van der Waals surface area (Å²) in [4.78, 5) is 0. The number of anilines is 1. The summed E-state index contributed by atoms with van der Waals surface area (Å²) in [5, 5.41) is 2.55. The van der Waals surface area contributed by atoms with Crippen LogP contribution in [0.25, 0.3) is 0 Å². The van der Waals surface area contributed by atoms with Gasteiger partial charge in [-0.1, -0.05) is 159 Å². The smallest absolute Gasteiger partial charge is 0.0838 e. The molecule has 3 N–H and O–H groups in total. The maximum absolute atomic E-state index is 7.02. The second kappa shape index (κ2) is 10.9. The zero-order valence-corrected chi connectivity index (χ0v) is 30.0. The van der Waals surface area contributed by atoms with Gasteiger partial charge < -0.3 is 5.73 Å². The van der Waals surface area contributed by atoms with E-state index >= 15 is 0 Å². The number of hydrogen-bond donors (Lipinski definition) is 2. The van der Waals surface area contributed by atoms with Gasteiger partial charge in [0.15, 0.2) is 0 Å². The number of benzene rings is 4. The minimum absolute atomic E-state index is 0.0262. The maximum atomic E-state index is 7.02. The lowest BCUT2D eigenvalue weighted by molar-refractivity contribution is 0.325. The van der Waals surface area contributed by atoms with E-state index in [0.29, 0.717) is 17.8 Å². The van der Waals surface area contributed by atoms with Crippen LogP contribution in [-0.2, 0) is 10.8 Å². The van der Waals surface area contributed by atoms with E-state index in [1.54, 1.807) is 0 Å². The molecule has 7 atom stereocenters. The number of allylic oxidation sites excluding steroid dienone is 8. The molecule has 1 aliphatic heterocycles. The second-order valence-electron chi connectivity index (χ2n) is 16.5. The molecule has 4 aromatic carbocycles. The summed E-state index contributed by atoms with van der Waals surface area (Å²) in [6.07, 6.45) is 21.9. The minimum Gasteiger partial charge on any atom is -0.321 e. The first kappa shape index (κ1) is 30.5. The summed E-state index contributed by atoms with van der Waals surface area (Å²) in [5.74, 6) is 1.35. The predicted octanol–water partition coefficient (Wildman–Crippen LogP) is 10.2. The summed E-state index contributed by atoms with van der Waals surface area (Å²) in [6, 6.07) is 37.0. The molecule has 11 rings (SSSR count). The van der Waals surface area contributed by atoms with Gasteiger partial charge in [-0.05, 0) is 75.4 Å². The topological polar surface area (TPSA) is 41.3 Å². The van der Waals surface area contributed by atoms with Gasteiger partial charge in [0.1, 0.15) is 0 Å². The van der Waals surface area contributed by atoms with E-state index in [0.717, 1.165) is 19.3 Å². The van der Waals surface area contributed by atoms with E-state index in [2.05, 4.69) is 170 Å². The number of nitrogens with one attached hydrogen (secondary N) is 1. The summed E-state index contributed by atoms with van der Waals surface area (Å²) in [5.41, 5.74) is 27.8. The van der Waals surface area contributed by atoms with Crippen LogP contribution in [0.2, 0.25) is 0 Å². The molecule has 0 amide bonds. The van der Waals surface area contributed by atoms with Crippen molar-refractivity contribution < 1.29 is 0 Å². The molecule has 4 aromatic rings. The van der Waals surface area contributed by atoms with Crippen molar-refractivity contribution in [2.75, 3.05) is 5.01 Å². The van der Waals surface area contributed by atoms with E-state index in [9.17, 15) is 0 Å². The molecule has 6 aliphatic carbocycles. The third-order valence-electron chi connectivity index (χ3n) is 13.9. The van der Waals surface area contributed by atoms with Crippen LogP contribution in [-0.4, -0.2) is 6.04 Å². The van der Waals surface area contributed by atoms with Crippen LogP contribution in [0, 0.1) is 5.92 Å². The standard InChI is InChI=1S/C49H45N3/c1-48(2)38-21-9-3-15-31(38)34-28-27-30(29-42(34)48)46(36-19-7-13-25-43(36)50)51-52-44-26-14-8-20-37(44)45-47(52)35-18-6-12-24-41(35)49(45)39-22-10-4-16-32(39)33-17-5-11-23-40(33)49/h3-6,8-18,20-27,29,32,34,39,43,45,47,51H,7,19,28,50H2,1-2H3/b46-36-. The Labute approximate surface area is 307 Å². The van der Waals surface area contributed by atoms with E-state index in [1.165, 1.54) is 67.0 Å². The Kier molecular flexibility index (Phi) is 6.42. The summed E-state index contributed by atoms with van der Waals surface area (Å²) >= 11 is 0. The van der Waals surface area contributed by atoms with Crippen LogP contribution in [0.3, 0.4) is 0 Å². The minimum atomic E-state index is -0.188. The number of hydrogen-bond acceptors (Lipinski definition) is 3. The highest BCUT2D eigenvalue weighted by Crippen LogP contribution is 2.72. The highest BCUT2D eigenvalue weighted by molar-refractivity contribution is 5.74. The van der Waals surface area contributed by atoms with Crippen molar-refractivity contribution >= 4 is 5.69 Å². The number of hydrazine groups is 1. The fourth-order valence-corrected chi connectivity index (χ4v) is 11.9. The van der Waals surface area contributed by atoms with E-state index < -0.39 is 0 Å². The Morgan fingerprint density at radius 2 is 1.42 bits per heavy atom. The monoisotopic (exact) mass is 675 g/mol. The van der Waals surface area contributed by atoms with Crippen LogP contribution < -0.4 is 16.2 Å². The Balaban J connectivity index is 1.09. The van der Waals surface area contributed by atoms with Gasteiger partial charge in [-0.15, -0.1) is 0 Å². The van der Waals surface area contributed by atoms with Crippen LogP contribution in [0.4, 0.5) is 5.69 Å². The summed E-state index contributed by atoms with van der Waals surface area (Å²) in [6.45, 7) is 4.82. The molecule has 3 nitrogen and oxygen atoms in total. The molecule has 3 heteroatoms. The van der Waals surface area contributed by atoms with Gasteiger partial charge in [-0.25, -0.2) is 0 Å². The normalized spacial score (nSPS) is 31.6. The van der Waals surface area contributed by atoms with Gasteiger partial charge in [-0.3, -0.25) is 10.4 Å². The highest BCUT2D eigenvalue weighted by Gasteiger charge is 2.66. The summed E-state index contributed by atoms with van der Waals surface area (Å²) in [7, 11) is 0. The zero-order valence-electron chi connectivity index (χ0n) is 30.0. The summed E-state index contributed by atoms with van der Waals surface area (Å²) < 4.78 is 0. The number of para-hydroxylation sites is 1. The second-order valence-corrected chi connectivity index (χ2v) is 16.5. The molecule has 256 valence electrons.